The van der Waals surface area contributed by atoms with Crippen molar-refractivity contribution in [2.24, 2.45) is 5.10 Å². The molecule has 0 fully saturated rings. The van der Waals surface area contributed by atoms with Gasteiger partial charge < -0.3 is 4.74 Å². The van der Waals surface area contributed by atoms with Crippen molar-refractivity contribution in [2.45, 2.75) is 19.8 Å². The molecule has 0 aromatic rings. The molecule has 3 heteroatoms. The van der Waals surface area contributed by atoms with Gasteiger partial charge in [0.2, 0.25) is 0 Å². The fourth-order valence-electron chi connectivity index (χ4n) is 0.463. The van der Waals surface area contributed by atoms with Crippen LogP contribution in [0.2, 0.25) is 0 Å². The lowest BCUT2D eigenvalue weighted by Crippen LogP contribution is -1.98. The van der Waals surface area contributed by atoms with Gasteiger partial charge in [-0.2, -0.15) is 6.57 Å². The maximum Gasteiger partial charge on any atom is 0.269 e. The van der Waals surface area contributed by atoms with Gasteiger partial charge in [-0.15, -0.1) is 4.95 Å². The van der Waals surface area contributed by atoms with E-state index in [-0.39, 0.29) is 0 Å². The molecule has 0 N–H and O–H groups in total. The van der Waals surface area contributed by atoms with Crippen LogP contribution in [0.1, 0.15) is 19.8 Å². The Balaban J connectivity index is 3.70. The van der Waals surface area contributed by atoms with Crippen LogP contribution in [0.4, 0.5) is 0 Å². The zero-order valence-electron chi connectivity index (χ0n) is 5.72. The zero-order valence-corrected chi connectivity index (χ0v) is 5.72. The van der Waals surface area contributed by atoms with Crippen molar-refractivity contribution in [3.8, 4) is 0 Å². The van der Waals surface area contributed by atoms with E-state index in [2.05, 4.69) is 10.1 Å². The Bertz CT molecular complexity index is 134. The minimum atomic E-state index is 0.521. The van der Waals surface area contributed by atoms with Crippen molar-refractivity contribution in [1.29, 1.82) is 0 Å². The molecule has 0 heterocycles. The molecule has 0 rings (SSSR count). The number of ether oxygens (including phenoxy) is 1. The second-order valence-electron chi connectivity index (χ2n) is 1.55. The second-order valence-corrected chi connectivity index (χ2v) is 1.55. The Kier molecular flexibility index (Phi) is 4.51. The molecule has 0 aliphatic carbocycles. The largest absolute Gasteiger partial charge is 0.479 e. The fourth-order valence-corrected chi connectivity index (χ4v) is 0.463. The molecular formula is C6H10N2O. The predicted molar refractivity (Wildman–Crippen MR) is 36.0 cm³/mol. The molecule has 0 aromatic heterocycles. The second kappa shape index (κ2) is 5.10. The molecule has 9 heavy (non-hydrogen) atoms. The van der Waals surface area contributed by atoms with Crippen LogP contribution in [0.15, 0.2) is 5.10 Å². The molecule has 0 spiro atoms. The quantitative estimate of drug-likeness (QED) is 0.239. The van der Waals surface area contributed by atoms with Crippen molar-refractivity contribution < 1.29 is 4.74 Å². The van der Waals surface area contributed by atoms with Crippen molar-refractivity contribution >= 4 is 5.90 Å². The summed E-state index contributed by atoms with van der Waals surface area (Å²) in [7, 11) is 1.53. The molecule has 0 saturated carbocycles. The van der Waals surface area contributed by atoms with Gasteiger partial charge in [-0.25, -0.2) is 0 Å². The molecule has 3 nitrogen and oxygen atoms in total. The van der Waals surface area contributed by atoms with Gasteiger partial charge in [0.25, 0.3) is 5.90 Å². The van der Waals surface area contributed by atoms with Gasteiger partial charge in [0, 0.05) is 6.42 Å². The highest BCUT2D eigenvalue weighted by molar-refractivity contribution is 5.76. The number of nitrogens with zero attached hydrogens (tertiary/aromatic N) is 2. The van der Waals surface area contributed by atoms with E-state index in [0.717, 1.165) is 12.8 Å². The highest BCUT2D eigenvalue weighted by Crippen LogP contribution is 1.92. The van der Waals surface area contributed by atoms with Crippen molar-refractivity contribution in [3.05, 3.63) is 11.5 Å². The summed E-state index contributed by atoms with van der Waals surface area (Å²) >= 11 is 0. The molecule has 0 amide bonds. The van der Waals surface area contributed by atoms with Crippen LogP contribution in [0.5, 0.6) is 0 Å². The summed E-state index contributed by atoms with van der Waals surface area (Å²) in [4.78, 5) is 2.84. The van der Waals surface area contributed by atoms with Gasteiger partial charge >= 0.3 is 0 Å². The highest BCUT2D eigenvalue weighted by atomic mass is 16.5. The molecule has 0 atom stereocenters. The Morgan fingerprint density at radius 1 is 1.78 bits per heavy atom. The average molecular weight is 126 g/mol. The number of hydrogen-bond acceptors (Lipinski definition) is 2. The summed E-state index contributed by atoms with van der Waals surface area (Å²) in [6.45, 7) is 8.38. The third kappa shape index (κ3) is 3.53. The van der Waals surface area contributed by atoms with E-state index in [0.29, 0.717) is 5.90 Å². The zero-order chi connectivity index (χ0) is 7.11. The SMILES string of the molecule is [C-]#[N+]/N=C(/CCC)OC. The first-order valence-corrected chi connectivity index (χ1v) is 2.82. The summed E-state index contributed by atoms with van der Waals surface area (Å²) in [5.41, 5.74) is 0. The maximum atomic E-state index is 6.37. The van der Waals surface area contributed by atoms with Crippen LogP contribution in [0.25, 0.3) is 4.95 Å². The summed E-state index contributed by atoms with van der Waals surface area (Å²) in [6.07, 6.45) is 1.71. The first-order valence-electron chi connectivity index (χ1n) is 2.82. The molecule has 0 unspecified atom stereocenters. The molecule has 0 saturated heterocycles. The van der Waals surface area contributed by atoms with Crippen molar-refractivity contribution in [2.75, 3.05) is 7.11 Å². The lowest BCUT2D eigenvalue weighted by molar-refractivity contribution is 0.389. The first kappa shape index (κ1) is 7.96. The molecule has 0 aliphatic rings. The van der Waals surface area contributed by atoms with Crippen LogP contribution in [-0.2, 0) is 4.74 Å². The number of methoxy groups -OCH3 is 1. The standard InChI is InChI=1S/C6H10N2O/c1-4-5-6(9-3)8-7-2/h4-5H2,1,3H3/b8-6-. The third-order valence-corrected chi connectivity index (χ3v) is 0.861. The summed E-state index contributed by atoms with van der Waals surface area (Å²) in [5.74, 6) is 0.521. The van der Waals surface area contributed by atoms with Gasteiger partial charge in [-0.1, -0.05) is 6.92 Å². The minimum Gasteiger partial charge on any atom is -0.479 e. The number of rotatable bonds is 2. The fraction of sp³-hybridized carbons (Fsp3) is 0.667. The lowest BCUT2D eigenvalue weighted by atomic mass is 10.3. The van der Waals surface area contributed by atoms with E-state index in [4.69, 9.17) is 11.3 Å². The van der Waals surface area contributed by atoms with E-state index >= 15 is 0 Å². The highest BCUT2D eigenvalue weighted by Gasteiger charge is 1.96. The average Bonchev–Trinajstić information content (AvgIpc) is 1.88. The predicted octanol–water partition coefficient (Wildman–Crippen LogP) is 1.67. The molecule has 0 bridgehead atoms. The van der Waals surface area contributed by atoms with Crippen molar-refractivity contribution in [1.82, 2.24) is 0 Å². The number of hydrogen-bond donors (Lipinski definition) is 0. The molecular weight excluding hydrogens is 116 g/mol. The van der Waals surface area contributed by atoms with E-state index < -0.39 is 0 Å². The smallest absolute Gasteiger partial charge is 0.269 e. The minimum absolute atomic E-state index is 0.521. The van der Waals surface area contributed by atoms with Gasteiger partial charge in [0.05, 0.1) is 7.11 Å². The monoisotopic (exact) mass is 126 g/mol. The van der Waals surface area contributed by atoms with E-state index in [9.17, 15) is 0 Å². The molecule has 0 aliphatic heterocycles. The summed E-state index contributed by atoms with van der Waals surface area (Å²) in [6, 6.07) is 0. The maximum absolute atomic E-state index is 6.37. The normalized spacial score (nSPS) is 10.6. The van der Waals surface area contributed by atoms with Crippen LogP contribution in [-0.4, -0.2) is 13.0 Å². The van der Waals surface area contributed by atoms with Crippen LogP contribution in [0, 0.1) is 6.57 Å². The van der Waals surface area contributed by atoms with Gasteiger partial charge in [-0.05, 0) is 6.42 Å². The van der Waals surface area contributed by atoms with Gasteiger partial charge in [0.15, 0.2) is 0 Å². The van der Waals surface area contributed by atoms with E-state index in [1.165, 1.54) is 7.11 Å². The lowest BCUT2D eigenvalue weighted by Gasteiger charge is -1.93. The Hall–Kier alpha value is -1.04. The Morgan fingerprint density at radius 3 is 2.78 bits per heavy atom. The van der Waals surface area contributed by atoms with Crippen LogP contribution >= 0.6 is 0 Å². The van der Waals surface area contributed by atoms with E-state index in [1.807, 2.05) is 6.92 Å². The molecule has 50 valence electrons. The summed E-state index contributed by atoms with van der Waals surface area (Å²) in [5, 5.41) is 3.42. The van der Waals surface area contributed by atoms with E-state index in [1.54, 1.807) is 0 Å². The third-order valence-electron chi connectivity index (χ3n) is 0.861. The topological polar surface area (TPSA) is 25.9 Å². The molecule has 0 aromatic carbocycles. The van der Waals surface area contributed by atoms with Crippen molar-refractivity contribution in [3.63, 3.8) is 0 Å². The Morgan fingerprint density at radius 2 is 2.44 bits per heavy atom. The first-order chi connectivity index (χ1) is 4.35. The Labute approximate surface area is 55.1 Å². The van der Waals surface area contributed by atoms with Crippen LogP contribution in [0.3, 0.4) is 0 Å². The van der Waals surface area contributed by atoms with Crippen LogP contribution < -0.4 is 0 Å². The molecule has 0 radical (unpaired) electrons. The van der Waals surface area contributed by atoms with Gasteiger partial charge in [0.1, 0.15) is 5.10 Å². The van der Waals surface area contributed by atoms with Gasteiger partial charge in [-0.3, -0.25) is 0 Å². The summed E-state index contributed by atoms with van der Waals surface area (Å²) < 4.78 is 4.77.